The van der Waals surface area contributed by atoms with E-state index in [2.05, 4.69) is 95.2 Å². The minimum atomic E-state index is -2.11. The van der Waals surface area contributed by atoms with Crippen molar-refractivity contribution in [1.82, 2.24) is 10.3 Å². The van der Waals surface area contributed by atoms with Gasteiger partial charge in [-0.1, -0.05) is 54.5 Å². The number of hydrogen-bond acceptors (Lipinski definition) is 4. The molecule has 0 saturated carbocycles. The number of rotatable bonds is 12. The van der Waals surface area contributed by atoms with Gasteiger partial charge in [-0.15, -0.1) is 0 Å². The van der Waals surface area contributed by atoms with E-state index >= 15 is 0 Å². The molecule has 1 aromatic carbocycles. The quantitative estimate of drug-likeness (QED) is 0.294. The molecule has 0 fully saturated rings. The van der Waals surface area contributed by atoms with Gasteiger partial charge in [-0.25, -0.2) is 0 Å². The van der Waals surface area contributed by atoms with Gasteiger partial charge in [0.1, 0.15) is 17.6 Å². The van der Waals surface area contributed by atoms with E-state index in [0.29, 0.717) is 29.3 Å². The van der Waals surface area contributed by atoms with E-state index < -0.39 is 8.32 Å². The van der Waals surface area contributed by atoms with Crippen LogP contribution in [-0.2, 0) is 4.74 Å². The fourth-order valence-corrected chi connectivity index (χ4v) is 10.9. The van der Waals surface area contributed by atoms with Crippen LogP contribution in [0.15, 0.2) is 36.4 Å². The van der Waals surface area contributed by atoms with E-state index in [9.17, 15) is 0 Å². The largest absolute Gasteiger partial charge is 0.543 e. The van der Waals surface area contributed by atoms with E-state index in [1.54, 1.807) is 7.11 Å². The Hall–Kier alpha value is -2.18. The molecule has 2 N–H and O–H groups in total. The second-order valence-electron chi connectivity index (χ2n) is 10.9. The summed E-state index contributed by atoms with van der Waals surface area (Å²) in [5.74, 6) is 1.70. The van der Waals surface area contributed by atoms with E-state index in [4.69, 9.17) is 13.9 Å². The molecule has 2 atom stereocenters. The Morgan fingerprint density at radius 3 is 2.11 bits per heavy atom. The van der Waals surface area contributed by atoms with Crippen molar-refractivity contribution in [2.24, 2.45) is 0 Å². The number of hydrogen-bond donors (Lipinski definition) is 2. The monoisotopic (exact) mass is 498 g/mol. The zero-order valence-corrected chi connectivity index (χ0v) is 24.2. The lowest BCUT2D eigenvalue weighted by atomic mass is 10.1. The highest BCUT2D eigenvalue weighted by Crippen LogP contribution is 2.44. The van der Waals surface area contributed by atoms with Gasteiger partial charge in [0, 0.05) is 30.5 Å². The Labute approximate surface area is 213 Å². The van der Waals surface area contributed by atoms with Crippen LogP contribution >= 0.6 is 0 Å². The highest BCUT2D eigenvalue weighted by Gasteiger charge is 2.47. The molecule has 1 aliphatic rings. The van der Waals surface area contributed by atoms with Crippen molar-refractivity contribution in [1.29, 1.82) is 0 Å². The van der Waals surface area contributed by atoms with Gasteiger partial charge in [-0.2, -0.15) is 0 Å². The summed E-state index contributed by atoms with van der Waals surface area (Å²) >= 11 is 0. The van der Waals surface area contributed by atoms with Crippen LogP contribution in [0.4, 0.5) is 0 Å². The summed E-state index contributed by atoms with van der Waals surface area (Å²) in [6.07, 6.45) is 4.44. The molecule has 0 radical (unpaired) electrons. The van der Waals surface area contributed by atoms with Crippen molar-refractivity contribution in [3.05, 3.63) is 42.1 Å². The van der Waals surface area contributed by atoms with Gasteiger partial charge in [0.2, 0.25) is 0 Å². The predicted octanol–water partition coefficient (Wildman–Crippen LogP) is 7.76. The van der Waals surface area contributed by atoms with Gasteiger partial charge in [0.15, 0.2) is 0 Å². The van der Waals surface area contributed by atoms with Crippen molar-refractivity contribution in [3.8, 4) is 22.8 Å². The summed E-state index contributed by atoms with van der Waals surface area (Å²) in [4.78, 5) is 3.62. The summed E-state index contributed by atoms with van der Waals surface area (Å²) in [5.41, 5.74) is 5.91. The van der Waals surface area contributed by atoms with Crippen molar-refractivity contribution >= 4 is 14.0 Å². The Morgan fingerprint density at radius 1 is 0.914 bits per heavy atom. The van der Waals surface area contributed by atoms with Gasteiger partial charge < -0.3 is 24.2 Å². The van der Waals surface area contributed by atoms with Crippen molar-refractivity contribution in [2.45, 2.75) is 97.0 Å². The van der Waals surface area contributed by atoms with Crippen LogP contribution in [0, 0.1) is 0 Å². The molecule has 2 aromatic rings. The normalized spacial score (nSPS) is 17.1. The van der Waals surface area contributed by atoms with E-state index in [0.717, 1.165) is 41.3 Å². The van der Waals surface area contributed by atoms with Gasteiger partial charge in [0.05, 0.1) is 18.0 Å². The summed E-state index contributed by atoms with van der Waals surface area (Å²) in [6, 6.07) is 11.2. The molecule has 2 heterocycles. The first-order valence-corrected chi connectivity index (χ1v) is 15.4. The van der Waals surface area contributed by atoms with Crippen LogP contribution < -0.4 is 14.5 Å². The minimum Gasteiger partial charge on any atom is -0.543 e. The molecule has 0 aliphatic carbocycles. The van der Waals surface area contributed by atoms with Gasteiger partial charge in [-0.05, 0) is 60.7 Å². The molecule has 6 heteroatoms. The van der Waals surface area contributed by atoms with Gasteiger partial charge in [-0.3, -0.25) is 0 Å². The average molecular weight is 499 g/mol. The fraction of sp³-hybridized carbons (Fsp3) is 0.586. The molecule has 194 valence electrons. The summed E-state index contributed by atoms with van der Waals surface area (Å²) in [6.45, 7) is 18.7. The number of benzene rings is 1. The number of aromatic amines is 1. The van der Waals surface area contributed by atoms with Crippen LogP contribution in [0.25, 0.3) is 17.0 Å². The van der Waals surface area contributed by atoms with E-state index in [-0.39, 0.29) is 6.10 Å². The molecule has 35 heavy (non-hydrogen) atoms. The van der Waals surface area contributed by atoms with E-state index in [1.165, 1.54) is 5.70 Å². The summed E-state index contributed by atoms with van der Waals surface area (Å²) in [7, 11) is -0.405. The lowest BCUT2D eigenvalue weighted by Gasteiger charge is -2.42. The Kier molecular flexibility index (Phi) is 9.16. The second-order valence-corrected chi connectivity index (χ2v) is 16.3. The zero-order valence-electron chi connectivity index (χ0n) is 23.2. The molecule has 0 spiro atoms. The van der Waals surface area contributed by atoms with Crippen LogP contribution in [0.5, 0.6) is 11.5 Å². The fourth-order valence-electron chi connectivity index (χ4n) is 5.69. The van der Waals surface area contributed by atoms with E-state index in [1.807, 2.05) is 6.92 Å². The molecule has 1 aliphatic heterocycles. The molecule has 1 aromatic heterocycles. The van der Waals surface area contributed by atoms with Crippen molar-refractivity contribution in [3.63, 3.8) is 0 Å². The van der Waals surface area contributed by atoms with Gasteiger partial charge >= 0.3 is 0 Å². The standard InChI is InChI=1S/C29H46N2O3Si/c1-10-24-11-12-28(30-24)29-14-13-27(31-29)23-15-25(33-22(8)18-32-9)17-26(16-23)34-35(19(2)3,20(4)5)21(6)7/h12-17,19-22,24,30-31H,10-11,18H2,1-9H3/t22-,24-/m0/s1. The highest BCUT2D eigenvalue weighted by atomic mass is 28.4. The SMILES string of the molecule is CC[C@H]1CC=C(c2ccc(-c3cc(O[C@@H](C)COC)cc(O[Si](C(C)C)(C(C)C)C(C)C)c3)[nH]2)N1. The number of ether oxygens (including phenoxy) is 2. The molecule has 5 nitrogen and oxygen atoms in total. The number of methoxy groups -OCH3 is 1. The third kappa shape index (κ3) is 6.15. The molecule has 0 saturated heterocycles. The van der Waals surface area contributed by atoms with Crippen LogP contribution in [0.3, 0.4) is 0 Å². The lowest BCUT2D eigenvalue weighted by molar-refractivity contribution is 0.0920. The average Bonchev–Trinajstić information content (AvgIpc) is 3.46. The highest BCUT2D eigenvalue weighted by molar-refractivity contribution is 6.78. The van der Waals surface area contributed by atoms with Crippen LogP contribution in [0.2, 0.25) is 16.6 Å². The molecular formula is C29H46N2O3Si. The third-order valence-electron chi connectivity index (χ3n) is 7.37. The Bertz CT molecular complexity index is 974. The molecule has 3 rings (SSSR count). The van der Waals surface area contributed by atoms with Crippen molar-refractivity contribution in [2.75, 3.05) is 13.7 Å². The first-order valence-electron chi connectivity index (χ1n) is 13.3. The predicted molar refractivity (Wildman–Crippen MR) is 150 cm³/mol. The second kappa shape index (κ2) is 11.7. The molecule has 0 amide bonds. The minimum absolute atomic E-state index is 0.0524. The smallest absolute Gasteiger partial charge is 0.258 e. The van der Waals surface area contributed by atoms with Crippen LogP contribution in [0.1, 0.15) is 73.9 Å². The Balaban J connectivity index is 2.00. The summed E-state index contributed by atoms with van der Waals surface area (Å²) < 4.78 is 18.6. The lowest BCUT2D eigenvalue weighted by Crippen LogP contribution is -2.50. The van der Waals surface area contributed by atoms with Crippen molar-refractivity contribution < 1.29 is 13.9 Å². The topological polar surface area (TPSA) is 55.5 Å². The number of nitrogens with one attached hydrogen (secondary N) is 2. The third-order valence-corrected chi connectivity index (χ3v) is 13.4. The Morgan fingerprint density at radius 2 is 1.54 bits per heavy atom. The molecule has 0 bridgehead atoms. The molecule has 0 unspecified atom stereocenters. The summed E-state index contributed by atoms with van der Waals surface area (Å²) in [5, 5.41) is 3.63. The van der Waals surface area contributed by atoms with Crippen LogP contribution in [-0.4, -0.2) is 39.2 Å². The first-order chi connectivity index (χ1) is 16.6. The maximum absolute atomic E-state index is 7.06. The maximum Gasteiger partial charge on any atom is 0.258 e. The number of H-pyrrole nitrogens is 1. The maximum atomic E-state index is 7.06. The van der Waals surface area contributed by atoms with Gasteiger partial charge in [0.25, 0.3) is 8.32 Å². The zero-order chi connectivity index (χ0) is 25.8. The number of aromatic nitrogens is 1. The molecular weight excluding hydrogens is 452 g/mol. The first kappa shape index (κ1) is 27.4.